The smallest absolute Gasteiger partial charge is 0.234 e. The lowest BCUT2D eigenvalue weighted by Crippen LogP contribution is -2.54. The Labute approximate surface area is 225 Å². The highest BCUT2D eigenvalue weighted by Crippen LogP contribution is 2.25. The monoisotopic (exact) mass is 525 g/mol. The fourth-order valence-corrected chi connectivity index (χ4v) is 4.81. The van der Waals surface area contributed by atoms with Crippen LogP contribution in [0, 0.1) is 0 Å². The summed E-state index contributed by atoms with van der Waals surface area (Å²) in [6, 6.07) is 16.3. The summed E-state index contributed by atoms with van der Waals surface area (Å²) in [5.74, 6) is 0.971. The summed E-state index contributed by atoms with van der Waals surface area (Å²) >= 11 is 6.03. The molecule has 1 aliphatic rings. The third-order valence-electron chi connectivity index (χ3n) is 6.97. The van der Waals surface area contributed by atoms with Gasteiger partial charge in [0.2, 0.25) is 5.91 Å². The van der Waals surface area contributed by atoms with Gasteiger partial charge in [0, 0.05) is 60.6 Å². The molecule has 7 nitrogen and oxygen atoms in total. The van der Waals surface area contributed by atoms with Crippen LogP contribution < -0.4 is 15.8 Å². The molecule has 2 aromatic carbocycles. The van der Waals surface area contributed by atoms with Crippen molar-refractivity contribution in [2.75, 3.05) is 52.4 Å². The van der Waals surface area contributed by atoms with Gasteiger partial charge in [-0.2, -0.15) is 0 Å². The molecule has 0 unspecified atom stereocenters. The SMILES string of the molecule is CC(C)(CN)NC(=O)CN1CCN(CCCCCOc2ccc3c(ccn3-c3ccc(Cl)cc3)c2)CC1. The number of piperazine rings is 1. The molecule has 1 fully saturated rings. The standard InChI is InChI=1S/C29H40ClN5O2/c1-29(2,22-31)32-28(36)21-34-17-15-33(16-18-34)13-4-3-5-19-37-26-10-11-27-23(20-26)12-14-35(27)25-8-6-24(30)7-9-25/h6-12,14,20H,3-5,13,15-19,21-22,31H2,1-2H3,(H,32,36). The zero-order valence-corrected chi connectivity index (χ0v) is 22.8. The van der Waals surface area contributed by atoms with E-state index in [1.165, 1.54) is 0 Å². The Bertz CT molecular complexity index is 1150. The molecule has 0 spiro atoms. The Morgan fingerprint density at radius 2 is 1.73 bits per heavy atom. The minimum atomic E-state index is -0.348. The van der Waals surface area contributed by atoms with Crippen LogP contribution in [-0.4, -0.2) is 78.2 Å². The Hall–Kier alpha value is -2.58. The van der Waals surface area contributed by atoms with E-state index in [1.807, 2.05) is 44.2 Å². The maximum atomic E-state index is 12.2. The van der Waals surface area contributed by atoms with E-state index in [2.05, 4.69) is 44.1 Å². The van der Waals surface area contributed by atoms with Crippen LogP contribution in [0.5, 0.6) is 5.75 Å². The van der Waals surface area contributed by atoms with Gasteiger partial charge in [0.1, 0.15) is 5.75 Å². The van der Waals surface area contributed by atoms with E-state index in [-0.39, 0.29) is 11.4 Å². The molecule has 3 aromatic rings. The Balaban J connectivity index is 1.11. The number of hydrogen-bond acceptors (Lipinski definition) is 5. The van der Waals surface area contributed by atoms with Gasteiger partial charge in [-0.15, -0.1) is 0 Å². The minimum absolute atomic E-state index is 0.0576. The van der Waals surface area contributed by atoms with Crippen LogP contribution >= 0.6 is 11.6 Å². The number of fused-ring (bicyclic) bond motifs is 1. The van der Waals surface area contributed by atoms with E-state index >= 15 is 0 Å². The molecule has 2 heterocycles. The first kappa shape index (κ1) is 27.5. The number of hydrogen-bond donors (Lipinski definition) is 2. The highest BCUT2D eigenvalue weighted by atomic mass is 35.5. The molecule has 0 radical (unpaired) electrons. The zero-order valence-electron chi connectivity index (χ0n) is 22.1. The number of unbranched alkanes of at least 4 members (excludes halogenated alkanes) is 2. The molecular formula is C29H40ClN5O2. The Morgan fingerprint density at radius 3 is 2.46 bits per heavy atom. The number of aromatic nitrogens is 1. The fourth-order valence-electron chi connectivity index (χ4n) is 4.68. The van der Waals surface area contributed by atoms with Crippen molar-refractivity contribution in [3.8, 4) is 11.4 Å². The van der Waals surface area contributed by atoms with Gasteiger partial charge in [0.15, 0.2) is 0 Å². The van der Waals surface area contributed by atoms with Crippen LogP contribution in [0.15, 0.2) is 54.7 Å². The molecule has 1 aromatic heterocycles. The second-order valence-corrected chi connectivity index (χ2v) is 11.0. The van der Waals surface area contributed by atoms with E-state index in [1.54, 1.807) is 0 Å². The van der Waals surface area contributed by atoms with E-state index in [0.717, 1.165) is 86.0 Å². The highest BCUT2D eigenvalue weighted by molar-refractivity contribution is 6.30. The Kier molecular flexibility index (Phi) is 9.49. The summed E-state index contributed by atoms with van der Waals surface area (Å²) in [7, 11) is 0. The van der Waals surface area contributed by atoms with Crippen LogP contribution in [0.25, 0.3) is 16.6 Å². The summed E-state index contributed by atoms with van der Waals surface area (Å²) in [6.07, 6.45) is 5.43. The van der Waals surface area contributed by atoms with Crippen molar-refractivity contribution in [1.82, 2.24) is 19.7 Å². The largest absolute Gasteiger partial charge is 0.494 e. The molecule has 8 heteroatoms. The minimum Gasteiger partial charge on any atom is -0.494 e. The van der Waals surface area contributed by atoms with Crippen molar-refractivity contribution >= 4 is 28.4 Å². The van der Waals surface area contributed by atoms with Gasteiger partial charge in [-0.1, -0.05) is 11.6 Å². The number of rotatable bonds is 12. The number of ether oxygens (including phenoxy) is 1. The number of amides is 1. The number of nitrogens with zero attached hydrogens (tertiary/aromatic N) is 3. The first-order valence-corrected chi connectivity index (χ1v) is 13.7. The van der Waals surface area contributed by atoms with Gasteiger partial charge in [0.25, 0.3) is 0 Å². The molecule has 0 saturated carbocycles. The third kappa shape index (κ3) is 7.95. The first-order valence-electron chi connectivity index (χ1n) is 13.3. The van der Waals surface area contributed by atoms with Crippen LogP contribution in [0.2, 0.25) is 5.02 Å². The molecule has 4 rings (SSSR count). The summed E-state index contributed by atoms with van der Waals surface area (Å²) in [5, 5.41) is 4.91. The number of nitrogens with two attached hydrogens (primary N) is 1. The lowest BCUT2D eigenvalue weighted by atomic mass is 10.1. The first-order chi connectivity index (χ1) is 17.8. The molecule has 37 heavy (non-hydrogen) atoms. The molecule has 200 valence electrons. The molecule has 1 aliphatic heterocycles. The third-order valence-corrected chi connectivity index (χ3v) is 7.23. The number of nitrogens with one attached hydrogen (secondary N) is 1. The molecule has 0 aliphatic carbocycles. The lowest BCUT2D eigenvalue weighted by molar-refractivity contribution is -0.124. The highest BCUT2D eigenvalue weighted by Gasteiger charge is 2.22. The normalized spacial score (nSPS) is 15.2. The van der Waals surface area contributed by atoms with Crippen molar-refractivity contribution in [3.05, 3.63) is 59.8 Å². The van der Waals surface area contributed by atoms with Crippen LogP contribution in [0.1, 0.15) is 33.1 Å². The summed E-state index contributed by atoms with van der Waals surface area (Å²) in [5.41, 5.74) is 7.60. The van der Waals surface area contributed by atoms with Crippen molar-refractivity contribution in [3.63, 3.8) is 0 Å². The quantitative estimate of drug-likeness (QED) is 0.345. The predicted molar refractivity (Wildman–Crippen MR) is 152 cm³/mol. The molecule has 0 bridgehead atoms. The average Bonchev–Trinajstić information content (AvgIpc) is 3.30. The summed E-state index contributed by atoms with van der Waals surface area (Å²) in [6.45, 7) is 10.5. The number of carbonyl (C=O) groups excluding carboxylic acids is 1. The predicted octanol–water partition coefficient (Wildman–Crippen LogP) is 4.30. The molecule has 1 saturated heterocycles. The summed E-state index contributed by atoms with van der Waals surface area (Å²) in [4.78, 5) is 17.0. The number of carbonyl (C=O) groups is 1. The molecule has 1 amide bonds. The fraction of sp³-hybridized carbons (Fsp3) is 0.483. The Morgan fingerprint density at radius 1 is 1.00 bits per heavy atom. The van der Waals surface area contributed by atoms with E-state index in [9.17, 15) is 4.79 Å². The maximum Gasteiger partial charge on any atom is 0.234 e. The second-order valence-electron chi connectivity index (χ2n) is 10.5. The summed E-state index contributed by atoms with van der Waals surface area (Å²) < 4.78 is 8.20. The van der Waals surface area contributed by atoms with Gasteiger partial charge in [-0.25, -0.2) is 0 Å². The van der Waals surface area contributed by atoms with Crippen molar-refractivity contribution in [1.29, 1.82) is 0 Å². The van der Waals surface area contributed by atoms with E-state index in [4.69, 9.17) is 22.1 Å². The van der Waals surface area contributed by atoms with Gasteiger partial charge in [-0.3, -0.25) is 9.69 Å². The van der Waals surface area contributed by atoms with E-state index in [0.29, 0.717) is 13.1 Å². The van der Waals surface area contributed by atoms with Crippen LogP contribution in [-0.2, 0) is 4.79 Å². The zero-order chi connectivity index (χ0) is 26.3. The van der Waals surface area contributed by atoms with Crippen LogP contribution in [0.3, 0.4) is 0 Å². The van der Waals surface area contributed by atoms with Gasteiger partial charge in [-0.05, 0) is 88.2 Å². The number of halogens is 1. The topological polar surface area (TPSA) is 75.8 Å². The van der Waals surface area contributed by atoms with E-state index < -0.39 is 0 Å². The molecule has 0 atom stereocenters. The molecule has 3 N–H and O–H groups in total. The number of benzene rings is 2. The molecular weight excluding hydrogens is 486 g/mol. The second kappa shape index (κ2) is 12.8. The van der Waals surface area contributed by atoms with Gasteiger partial charge >= 0.3 is 0 Å². The van der Waals surface area contributed by atoms with Gasteiger partial charge < -0.3 is 25.3 Å². The van der Waals surface area contributed by atoms with Gasteiger partial charge in [0.05, 0.1) is 18.7 Å². The van der Waals surface area contributed by atoms with Crippen LogP contribution in [0.4, 0.5) is 0 Å². The lowest BCUT2D eigenvalue weighted by Gasteiger charge is -2.35. The average molecular weight is 526 g/mol. The maximum absolute atomic E-state index is 12.2. The van der Waals surface area contributed by atoms with Crippen molar-refractivity contribution in [2.45, 2.75) is 38.6 Å². The van der Waals surface area contributed by atoms with Crippen molar-refractivity contribution < 1.29 is 9.53 Å². The van der Waals surface area contributed by atoms with Crippen molar-refractivity contribution in [2.24, 2.45) is 5.73 Å².